The van der Waals surface area contributed by atoms with Crippen LogP contribution in [0.1, 0.15) is 37.7 Å². The molecule has 0 saturated carbocycles. The Kier molecular flexibility index (Phi) is 5.58. The third kappa shape index (κ3) is 4.55. The van der Waals surface area contributed by atoms with Crippen molar-refractivity contribution in [1.29, 1.82) is 0 Å². The smallest absolute Gasteiger partial charge is 0.217 e. The average Bonchev–Trinajstić information content (AvgIpc) is 2.47. The van der Waals surface area contributed by atoms with Gasteiger partial charge in [0.1, 0.15) is 0 Å². The van der Waals surface area contributed by atoms with Crippen LogP contribution in [-0.4, -0.2) is 37.5 Å². The lowest BCUT2D eigenvalue weighted by atomic mass is 9.96. The number of carbonyl (C=O) groups is 1. The number of sulfonamides is 1. The fraction of sp³-hybridized carbons (Fsp3) is 0.562. The second kappa shape index (κ2) is 7.24. The molecule has 2 N–H and O–H groups in total. The van der Waals surface area contributed by atoms with Gasteiger partial charge in [0.15, 0.2) is 0 Å². The van der Waals surface area contributed by atoms with E-state index in [1.165, 1.54) is 4.31 Å². The van der Waals surface area contributed by atoms with Gasteiger partial charge in [-0.05, 0) is 30.2 Å². The van der Waals surface area contributed by atoms with Crippen LogP contribution in [0.25, 0.3) is 0 Å². The average molecular weight is 324 g/mol. The Bertz CT molecular complexity index is 601. The van der Waals surface area contributed by atoms with Crippen LogP contribution in [0.5, 0.6) is 0 Å². The van der Waals surface area contributed by atoms with Crippen LogP contribution in [0.2, 0.25) is 0 Å². The molecule has 122 valence electrons. The molecule has 0 unspecified atom stereocenters. The molecule has 1 heterocycles. The zero-order valence-corrected chi connectivity index (χ0v) is 13.8. The Hall–Kier alpha value is -1.40. The van der Waals surface area contributed by atoms with E-state index in [1.807, 2.05) is 37.3 Å². The summed E-state index contributed by atoms with van der Waals surface area (Å²) in [5.74, 6) is -0.266. The van der Waals surface area contributed by atoms with Crippen molar-refractivity contribution in [3.8, 4) is 0 Å². The number of rotatable bonds is 6. The molecule has 0 radical (unpaired) electrons. The van der Waals surface area contributed by atoms with Crippen molar-refractivity contribution >= 4 is 15.9 Å². The summed E-state index contributed by atoms with van der Waals surface area (Å²) >= 11 is 0. The maximum atomic E-state index is 12.6. The molecule has 1 aliphatic rings. The first kappa shape index (κ1) is 17.0. The largest absolute Gasteiger partial charge is 0.370 e. The second-order valence-corrected chi connectivity index (χ2v) is 8.14. The molecule has 1 saturated heterocycles. The molecule has 0 spiro atoms. The first-order chi connectivity index (χ1) is 10.4. The summed E-state index contributed by atoms with van der Waals surface area (Å²) < 4.78 is 26.8. The van der Waals surface area contributed by atoms with Gasteiger partial charge in [-0.1, -0.05) is 37.3 Å². The number of nitrogens with two attached hydrogens (primary N) is 1. The van der Waals surface area contributed by atoms with Crippen LogP contribution < -0.4 is 5.73 Å². The summed E-state index contributed by atoms with van der Waals surface area (Å²) in [7, 11) is -3.32. The first-order valence-corrected chi connectivity index (χ1v) is 9.30. The number of benzene rings is 1. The summed E-state index contributed by atoms with van der Waals surface area (Å²) in [6.45, 7) is 2.88. The maximum Gasteiger partial charge on any atom is 0.217 e. The number of carbonyl (C=O) groups excluding carboxylic acids is 1. The van der Waals surface area contributed by atoms with E-state index in [-0.39, 0.29) is 29.9 Å². The van der Waals surface area contributed by atoms with E-state index >= 15 is 0 Å². The monoisotopic (exact) mass is 324 g/mol. The number of nitrogens with zero attached hydrogens (tertiary/aromatic N) is 1. The third-order valence-electron chi connectivity index (χ3n) is 4.19. The predicted octanol–water partition coefficient (Wildman–Crippen LogP) is 1.71. The highest BCUT2D eigenvalue weighted by Crippen LogP contribution is 2.25. The zero-order valence-electron chi connectivity index (χ0n) is 12.9. The van der Waals surface area contributed by atoms with Crippen molar-refractivity contribution in [3.05, 3.63) is 35.9 Å². The van der Waals surface area contributed by atoms with Crippen molar-refractivity contribution in [2.75, 3.05) is 18.8 Å². The second-order valence-electron chi connectivity index (χ2n) is 6.13. The van der Waals surface area contributed by atoms with E-state index in [0.717, 1.165) is 18.4 Å². The molecule has 0 aromatic heterocycles. The van der Waals surface area contributed by atoms with Crippen LogP contribution in [0.3, 0.4) is 0 Å². The van der Waals surface area contributed by atoms with Gasteiger partial charge in [0.05, 0.1) is 5.75 Å². The van der Waals surface area contributed by atoms with E-state index in [9.17, 15) is 13.2 Å². The minimum absolute atomic E-state index is 0.0491. The molecule has 2 rings (SSSR count). The van der Waals surface area contributed by atoms with Gasteiger partial charge in [-0.3, -0.25) is 4.79 Å². The van der Waals surface area contributed by atoms with Crippen molar-refractivity contribution in [3.63, 3.8) is 0 Å². The minimum atomic E-state index is -3.32. The van der Waals surface area contributed by atoms with Gasteiger partial charge in [0.2, 0.25) is 15.9 Å². The molecule has 0 aliphatic carbocycles. The normalized spacial score (nSPS) is 21.4. The summed E-state index contributed by atoms with van der Waals surface area (Å²) in [5, 5.41) is 0. The highest BCUT2D eigenvalue weighted by atomic mass is 32.2. The number of hydrogen-bond donors (Lipinski definition) is 1. The molecule has 1 amide bonds. The van der Waals surface area contributed by atoms with E-state index in [4.69, 9.17) is 5.73 Å². The number of amides is 1. The number of hydrogen-bond acceptors (Lipinski definition) is 3. The fourth-order valence-electron chi connectivity index (χ4n) is 3.03. The predicted molar refractivity (Wildman–Crippen MR) is 86.8 cm³/mol. The molecule has 1 aromatic rings. The summed E-state index contributed by atoms with van der Waals surface area (Å²) in [6.07, 6.45) is 1.92. The summed E-state index contributed by atoms with van der Waals surface area (Å²) in [4.78, 5) is 11.0. The minimum Gasteiger partial charge on any atom is -0.370 e. The lowest BCUT2D eigenvalue weighted by Crippen LogP contribution is -2.42. The molecule has 5 nitrogen and oxygen atoms in total. The summed E-state index contributed by atoms with van der Waals surface area (Å²) in [6, 6.07) is 9.66. The van der Waals surface area contributed by atoms with Gasteiger partial charge in [-0.15, -0.1) is 0 Å². The number of piperidine rings is 1. The molecule has 1 aromatic carbocycles. The Morgan fingerprint density at radius 1 is 1.36 bits per heavy atom. The van der Waals surface area contributed by atoms with Gasteiger partial charge >= 0.3 is 0 Å². The van der Waals surface area contributed by atoms with E-state index < -0.39 is 10.0 Å². The molecular weight excluding hydrogens is 300 g/mol. The quantitative estimate of drug-likeness (QED) is 0.865. The molecule has 1 fully saturated rings. The zero-order chi connectivity index (χ0) is 16.2. The number of primary amides is 1. The fourth-order valence-corrected chi connectivity index (χ4v) is 4.91. The van der Waals surface area contributed by atoms with Crippen LogP contribution in [0.15, 0.2) is 30.3 Å². The van der Waals surface area contributed by atoms with Crippen molar-refractivity contribution in [1.82, 2.24) is 4.31 Å². The van der Waals surface area contributed by atoms with Gasteiger partial charge in [0.25, 0.3) is 0 Å². The first-order valence-electron chi connectivity index (χ1n) is 7.69. The van der Waals surface area contributed by atoms with E-state index in [1.54, 1.807) is 0 Å². The molecule has 22 heavy (non-hydrogen) atoms. The van der Waals surface area contributed by atoms with Gasteiger partial charge in [-0.2, -0.15) is 0 Å². The summed E-state index contributed by atoms with van der Waals surface area (Å²) in [5.41, 5.74) is 6.25. The van der Waals surface area contributed by atoms with Crippen molar-refractivity contribution < 1.29 is 13.2 Å². The van der Waals surface area contributed by atoms with Crippen LogP contribution >= 0.6 is 0 Å². The van der Waals surface area contributed by atoms with Gasteiger partial charge in [-0.25, -0.2) is 12.7 Å². The van der Waals surface area contributed by atoms with E-state index in [0.29, 0.717) is 13.1 Å². The molecule has 1 aliphatic heterocycles. The maximum absolute atomic E-state index is 12.6. The van der Waals surface area contributed by atoms with Crippen molar-refractivity contribution in [2.24, 2.45) is 11.7 Å². The van der Waals surface area contributed by atoms with Crippen LogP contribution in [-0.2, 0) is 14.8 Å². The van der Waals surface area contributed by atoms with Gasteiger partial charge in [0, 0.05) is 19.5 Å². The highest BCUT2D eigenvalue weighted by molar-refractivity contribution is 7.89. The SMILES string of the molecule is C[C@@H](CS(=O)(=O)N1CCC[C@@H](CC(N)=O)C1)c1ccccc1. The lowest BCUT2D eigenvalue weighted by Gasteiger charge is -2.32. The lowest BCUT2D eigenvalue weighted by molar-refractivity contribution is -0.119. The van der Waals surface area contributed by atoms with Crippen LogP contribution in [0, 0.1) is 5.92 Å². The molecule has 2 atom stereocenters. The Labute approximate surface area is 132 Å². The molecule has 0 bridgehead atoms. The van der Waals surface area contributed by atoms with Gasteiger partial charge < -0.3 is 5.73 Å². The van der Waals surface area contributed by atoms with Crippen LogP contribution in [0.4, 0.5) is 0 Å². The van der Waals surface area contributed by atoms with E-state index in [2.05, 4.69) is 0 Å². The Morgan fingerprint density at radius 2 is 2.05 bits per heavy atom. The highest BCUT2D eigenvalue weighted by Gasteiger charge is 2.30. The Balaban J connectivity index is 2.01. The Morgan fingerprint density at radius 3 is 2.68 bits per heavy atom. The molecular formula is C16H24N2O3S. The molecule has 6 heteroatoms. The van der Waals surface area contributed by atoms with Crippen molar-refractivity contribution in [2.45, 2.75) is 32.1 Å². The standard InChI is InChI=1S/C16H24N2O3S/c1-13(15-7-3-2-4-8-15)12-22(20,21)18-9-5-6-14(11-18)10-16(17)19/h2-4,7-8,13-14H,5-6,9-12H2,1H3,(H2,17,19)/t13-,14-/m0/s1. The topological polar surface area (TPSA) is 80.5 Å². The third-order valence-corrected chi connectivity index (χ3v) is 6.23.